The van der Waals surface area contributed by atoms with Crippen molar-refractivity contribution in [1.29, 1.82) is 0 Å². The molecule has 78 valence electrons. The average Bonchev–Trinajstić information content (AvgIpc) is 2.21. The van der Waals surface area contributed by atoms with Crippen LogP contribution in [0, 0.1) is 0 Å². The van der Waals surface area contributed by atoms with Crippen molar-refractivity contribution in [2.24, 2.45) is 0 Å². The van der Waals surface area contributed by atoms with Gasteiger partial charge in [-0.15, -0.1) is 0 Å². The first-order valence-corrected chi connectivity index (χ1v) is 4.71. The summed E-state index contributed by atoms with van der Waals surface area (Å²) in [5.74, 6) is 0.544. The Hall–Kier alpha value is -1.36. The summed E-state index contributed by atoms with van der Waals surface area (Å²) in [6, 6.07) is 0. The molecule has 4 N–H and O–H groups in total. The molecular formula is C9H16N4O. The van der Waals surface area contributed by atoms with Gasteiger partial charge in [-0.1, -0.05) is 6.92 Å². The first-order valence-electron chi connectivity index (χ1n) is 4.71. The number of aliphatic hydroxyl groups excluding tert-OH is 1. The maximum absolute atomic E-state index is 9.28. The number of aliphatic hydroxyl groups is 1. The van der Waals surface area contributed by atoms with Crippen LogP contribution in [0.1, 0.15) is 19.8 Å². The van der Waals surface area contributed by atoms with E-state index in [2.05, 4.69) is 15.3 Å². The van der Waals surface area contributed by atoms with Gasteiger partial charge in [0.2, 0.25) is 5.95 Å². The van der Waals surface area contributed by atoms with E-state index in [1.54, 1.807) is 12.4 Å². The fourth-order valence-corrected chi connectivity index (χ4v) is 0.984. The zero-order valence-electron chi connectivity index (χ0n) is 8.27. The first kappa shape index (κ1) is 10.7. The predicted octanol–water partition coefficient (Wildman–Crippen LogP) is 0.632. The summed E-state index contributed by atoms with van der Waals surface area (Å²) in [6.45, 7) is 2.61. The molecule has 5 nitrogen and oxygen atoms in total. The standard InChI is InChI=1S/C9H16N4O/c1-2-8(14)3-4-11-9-12-5-7(10)6-13-9/h5-6,8,14H,2-4,10H2,1H3,(H,11,12,13). The Bertz CT molecular complexity index is 262. The third-order valence-corrected chi connectivity index (χ3v) is 1.90. The number of nitrogen functional groups attached to an aromatic ring is 1. The Morgan fingerprint density at radius 3 is 2.71 bits per heavy atom. The third kappa shape index (κ3) is 3.57. The molecule has 1 aromatic rings. The molecule has 0 aliphatic rings. The van der Waals surface area contributed by atoms with Crippen molar-refractivity contribution >= 4 is 11.6 Å². The van der Waals surface area contributed by atoms with Gasteiger partial charge in [0.25, 0.3) is 0 Å². The molecule has 0 aromatic carbocycles. The number of rotatable bonds is 5. The van der Waals surface area contributed by atoms with Gasteiger partial charge in [0.05, 0.1) is 24.2 Å². The minimum Gasteiger partial charge on any atom is -0.396 e. The molecule has 1 unspecified atom stereocenters. The van der Waals surface area contributed by atoms with E-state index in [-0.39, 0.29) is 6.10 Å². The molecule has 0 saturated heterocycles. The Morgan fingerprint density at radius 1 is 1.50 bits per heavy atom. The summed E-state index contributed by atoms with van der Waals surface area (Å²) < 4.78 is 0. The molecule has 1 aromatic heterocycles. The van der Waals surface area contributed by atoms with Gasteiger partial charge in [-0.3, -0.25) is 0 Å². The van der Waals surface area contributed by atoms with Gasteiger partial charge >= 0.3 is 0 Å². The summed E-state index contributed by atoms with van der Waals surface area (Å²) in [7, 11) is 0. The maximum Gasteiger partial charge on any atom is 0.222 e. The topological polar surface area (TPSA) is 84.1 Å². The van der Waals surface area contributed by atoms with E-state index < -0.39 is 0 Å². The van der Waals surface area contributed by atoms with Crippen LogP contribution < -0.4 is 11.1 Å². The van der Waals surface area contributed by atoms with Gasteiger partial charge < -0.3 is 16.2 Å². The summed E-state index contributed by atoms with van der Waals surface area (Å²) in [4.78, 5) is 7.94. The lowest BCUT2D eigenvalue weighted by atomic mass is 10.2. The summed E-state index contributed by atoms with van der Waals surface area (Å²) >= 11 is 0. The highest BCUT2D eigenvalue weighted by Gasteiger charge is 2.00. The fourth-order valence-electron chi connectivity index (χ4n) is 0.984. The van der Waals surface area contributed by atoms with Gasteiger partial charge in [-0.05, 0) is 12.8 Å². The van der Waals surface area contributed by atoms with E-state index in [1.807, 2.05) is 6.92 Å². The molecular weight excluding hydrogens is 180 g/mol. The van der Waals surface area contributed by atoms with Crippen molar-refractivity contribution in [1.82, 2.24) is 9.97 Å². The largest absolute Gasteiger partial charge is 0.396 e. The molecule has 5 heteroatoms. The lowest BCUT2D eigenvalue weighted by Gasteiger charge is -2.08. The molecule has 1 heterocycles. The number of nitrogens with zero attached hydrogens (tertiary/aromatic N) is 2. The molecule has 0 fully saturated rings. The van der Waals surface area contributed by atoms with Gasteiger partial charge in [0, 0.05) is 6.54 Å². The number of hydrogen-bond donors (Lipinski definition) is 3. The molecule has 1 rings (SSSR count). The van der Waals surface area contributed by atoms with Crippen molar-refractivity contribution < 1.29 is 5.11 Å². The average molecular weight is 196 g/mol. The minimum atomic E-state index is -0.253. The number of hydrogen-bond acceptors (Lipinski definition) is 5. The van der Waals surface area contributed by atoms with Crippen LogP contribution in [-0.2, 0) is 0 Å². The lowest BCUT2D eigenvalue weighted by molar-refractivity contribution is 0.164. The highest BCUT2D eigenvalue weighted by Crippen LogP contribution is 2.02. The predicted molar refractivity (Wildman–Crippen MR) is 55.8 cm³/mol. The van der Waals surface area contributed by atoms with Crippen LogP contribution in [0.25, 0.3) is 0 Å². The molecule has 0 spiro atoms. The summed E-state index contributed by atoms with van der Waals surface area (Å²) in [5, 5.41) is 12.3. The monoisotopic (exact) mass is 196 g/mol. The van der Waals surface area contributed by atoms with Crippen molar-refractivity contribution in [2.45, 2.75) is 25.9 Å². The van der Waals surface area contributed by atoms with E-state index >= 15 is 0 Å². The van der Waals surface area contributed by atoms with Gasteiger partial charge in [-0.25, -0.2) is 9.97 Å². The van der Waals surface area contributed by atoms with Crippen molar-refractivity contribution in [3.8, 4) is 0 Å². The maximum atomic E-state index is 9.28. The minimum absolute atomic E-state index is 0.253. The fraction of sp³-hybridized carbons (Fsp3) is 0.556. The van der Waals surface area contributed by atoms with Crippen LogP contribution in [-0.4, -0.2) is 27.7 Å². The third-order valence-electron chi connectivity index (χ3n) is 1.90. The zero-order chi connectivity index (χ0) is 10.4. The Labute approximate surface area is 83.4 Å². The van der Waals surface area contributed by atoms with Crippen LogP contribution in [0.15, 0.2) is 12.4 Å². The van der Waals surface area contributed by atoms with E-state index in [0.717, 1.165) is 6.42 Å². The number of anilines is 2. The van der Waals surface area contributed by atoms with Crippen LogP contribution in [0.2, 0.25) is 0 Å². The van der Waals surface area contributed by atoms with E-state index in [9.17, 15) is 5.11 Å². The SMILES string of the molecule is CCC(O)CCNc1ncc(N)cn1. The van der Waals surface area contributed by atoms with Gasteiger partial charge in [-0.2, -0.15) is 0 Å². The molecule has 0 amide bonds. The molecule has 0 bridgehead atoms. The van der Waals surface area contributed by atoms with E-state index in [1.165, 1.54) is 0 Å². The molecule has 0 aliphatic carbocycles. The van der Waals surface area contributed by atoms with Crippen LogP contribution >= 0.6 is 0 Å². The normalized spacial score (nSPS) is 12.4. The quantitative estimate of drug-likeness (QED) is 0.643. The molecule has 1 atom stereocenters. The second-order valence-electron chi connectivity index (χ2n) is 3.12. The smallest absolute Gasteiger partial charge is 0.222 e. The van der Waals surface area contributed by atoms with Crippen LogP contribution in [0.5, 0.6) is 0 Å². The number of aromatic nitrogens is 2. The van der Waals surface area contributed by atoms with Crippen molar-refractivity contribution in [2.75, 3.05) is 17.6 Å². The van der Waals surface area contributed by atoms with E-state index in [4.69, 9.17) is 5.73 Å². The highest BCUT2D eigenvalue weighted by atomic mass is 16.3. The Balaban J connectivity index is 2.28. The lowest BCUT2D eigenvalue weighted by Crippen LogP contribution is -2.13. The highest BCUT2D eigenvalue weighted by molar-refractivity contribution is 5.35. The van der Waals surface area contributed by atoms with Crippen LogP contribution in [0.4, 0.5) is 11.6 Å². The molecule has 0 radical (unpaired) electrons. The van der Waals surface area contributed by atoms with Crippen molar-refractivity contribution in [3.05, 3.63) is 12.4 Å². The Morgan fingerprint density at radius 2 is 2.14 bits per heavy atom. The summed E-state index contributed by atoms with van der Waals surface area (Å²) in [6.07, 6.45) is 4.31. The van der Waals surface area contributed by atoms with E-state index in [0.29, 0.717) is 24.6 Å². The van der Waals surface area contributed by atoms with Crippen LogP contribution in [0.3, 0.4) is 0 Å². The Kier molecular flexibility index (Phi) is 4.12. The second kappa shape index (κ2) is 5.39. The molecule has 0 aliphatic heterocycles. The first-order chi connectivity index (χ1) is 6.72. The summed E-state index contributed by atoms with van der Waals surface area (Å²) in [5.41, 5.74) is 5.98. The van der Waals surface area contributed by atoms with Crippen molar-refractivity contribution in [3.63, 3.8) is 0 Å². The van der Waals surface area contributed by atoms with Gasteiger partial charge in [0.15, 0.2) is 0 Å². The molecule has 14 heavy (non-hydrogen) atoms. The second-order valence-corrected chi connectivity index (χ2v) is 3.12. The molecule has 0 saturated carbocycles. The number of nitrogens with two attached hydrogens (primary N) is 1. The zero-order valence-corrected chi connectivity index (χ0v) is 8.27. The van der Waals surface area contributed by atoms with Gasteiger partial charge in [0.1, 0.15) is 0 Å². The number of nitrogens with one attached hydrogen (secondary N) is 1.